The van der Waals surface area contributed by atoms with Gasteiger partial charge in [-0.2, -0.15) is 5.26 Å². The Morgan fingerprint density at radius 3 is 2.24 bits per heavy atom. The number of rotatable bonds is 2. The molecule has 0 bridgehead atoms. The van der Waals surface area contributed by atoms with Crippen molar-refractivity contribution in [3.8, 4) is 6.07 Å². The molecule has 0 saturated heterocycles. The second-order valence-corrected chi connectivity index (χ2v) is 5.51. The highest BCUT2D eigenvalue weighted by molar-refractivity contribution is 5.59. The van der Waals surface area contributed by atoms with E-state index in [1.165, 1.54) is 5.56 Å². The lowest BCUT2D eigenvalue weighted by atomic mass is 9.89. The maximum Gasteiger partial charge on any atom is 0.117 e. The Morgan fingerprint density at radius 1 is 1.00 bits per heavy atom. The zero-order chi connectivity index (χ0) is 14.7. The number of allylic oxidation sites excluding steroid dienone is 2. The van der Waals surface area contributed by atoms with E-state index in [0.29, 0.717) is 5.92 Å². The average molecular weight is 274 g/mol. The molecule has 0 fully saturated rings. The van der Waals surface area contributed by atoms with Crippen LogP contribution in [0.15, 0.2) is 72.4 Å². The second-order valence-electron chi connectivity index (χ2n) is 5.51. The van der Waals surface area contributed by atoms with Crippen LogP contribution in [0.25, 0.3) is 0 Å². The molecular formula is C19H18N2. The average Bonchev–Trinajstić information content (AvgIpc) is 2.55. The molecular weight excluding hydrogens is 256 g/mol. The molecule has 1 aliphatic rings. The van der Waals surface area contributed by atoms with Crippen LogP contribution in [0.4, 0.5) is 5.69 Å². The number of benzene rings is 2. The molecule has 0 aliphatic carbocycles. The quantitative estimate of drug-likeness (QED) is 0.795. The summed E-state index contributed by atoms with van der Waals surface area (Å²) in [5, 5.41) is 9.55. The highest BCUT2D eigenvalue weighted by Crippen LogP contribution is 2.39. The van der Waals surface area contributed by atoms with E-state index in [9.17, 15) is 5.26 Å². The van der Waals surface area contributed by atoms with Crippen LogP contribution in [0.1, 0.15) is 24.9 Å². The summed E-state index contributed by atoms with van der Waals surface area (Å²) in [6, 6.07) is 23.2. The van der Waals surface area contributed by atoms with Gasteiger partial charge < -0.3 is 4.90 Å². The Morgan fingerprint density at radius 2 is 1.62 bits per heavy atom. The Kier molecular flexibility index (Phi) is 3.75. The number of hydrogen-bond acceptors (Lipinski definition) is 2. The minimum absolute atomic E-state index is 0.211. The molecule has 0 amide bonds. The standard InChI is InChI=1S/C19H18N2/c1-15-12-18(14-20)21(17-10-6-3-7-11-17)19(13-15)16-8-4-2-5-9-16/h2-12,15,19H,13H2,1H3/t15-,19-/m0/s1. The molecule has 2 heteroatoms. The van der Waals surface area contributed by atoms with Crippen molar-refractivity contribution in [1.82, 2.24) is 0 Å². The van der Waals surface area contributed by atoms with Crippen molar-refractivity contribution in [3.63, 3.8) is 0 Å². The Hall–Kier alpha value is -2.53. The Balaban J connectivity index is 2.09. The molecule has 3 rings (SSSR count). The largest absolute Gasteiger partial charge is 0.326 e. The smallest absolute Gasteiger partial charge is 0.117 e. The zero-order valence-corrected chi connectivity index (χ0v) is 12.1. The third-order valence-corrected chi connectivity index (χ3v) is 3.94. The fourth-order valence-electron chi connectivity index (χ4n) is 3.00. The van der Waals surface area contributed by atoms with Gasteiger partial charge in [-0.25, -0.2) is 0 Å². The van der Waals surface area contributed by atoms with Gasteiger partial charge in [-0.1, -0.05) is 55.5 Å². The molecule has 0 radical (unpaired) electrons. The maximum atomic E-state index is 9.55. The van der Waals surface area contributed by atoms with Crippen molar-refractivity contribution in [3.05, 3.63) is 78.0 Å². The Bertz CT molecular complexity index is 668. The molecule has 0 unspecified atom stereocenters. The molecule has 21 heavy (non-hydrogen) atoms. The van der Waals surface area contributed by atoms with Crippen LogP contribution in [0, 0.1) is 17.2 Å². The molecule has 104 valence electrons. The van der Waals surface area contributed by atoms with Crippen LogP contribution < -0.4 is 4.90 Å². The summed E-state index contributed by atoms with van der Waals surface area (Å²) >= 11 is 0. The molecule has 2 atom stereocenters. The summed E-state index contributed by atoms with van der Waals surface area (Å²) in [5.74, 6) is 0.407. The van der Waals surface area contributed by atoms with Gasteiger partial charge >= 0.3 is 0 Å². The van der Waals surface area contributed by atoms with E-state index in [1.807, 2.05) is 24.3 Å². The van der Waals surface area contributed by atoms with E-state index in [2.05, 4.69) is 60.4 Å². The van der Waals surface area contributed by atoms with Crippen molar-refractivity contribution in [2.24, 2.45) is 5.92 Å². The van der Waals surface area contributed by atoms with Crippen molar-refractivity contribution in [2.75, 3.05) is 4.90 Å². The number of anilines is 1. The first-order chi connectivity index (χ1) is 10.3. The van der Waals surface area contributed by atoms with Gasteiger partial charge in [0, 0.05) is 5.69 Å². The van der Waals surface area contributed by atoms with Gasteiger partial charge in [-0.3, -0.25) is 0 Å². The summed E-state index contributed by atoms with van der Waals surface area (Å²) in [5.41, 5.74) is 3.08. The van der Waals surface area contributed by atoms with Crippen molar-refractivity contribution in [2.45, 2.75) is 19.4 Å². The summed E-state index contributed by atoms with van der Waals surface area (Å²) < 4.78 is 0. The van der Waals surface area contributed by atoms with Gasteiger partial charge in [-0.15, -0.1) is 0 Å². The van der Waals surface area contributed by atoms with Gasteiger partial charge in [0.2, 0.25) is 0 Å². The molecule has 2 nitrogen and oxygen atoms in total. The van der Waals surface area contributed by atoms with Crippen LogP contribution in [-0.4, -0.2) is 0 Å². The van der Waals surface area contributed by atoms with E-state index >= 15 is 0 Å². The second kappa shape index (κ2) is 5.85. The van der Waals surface area contributed by atoms with Gasteiger partial charge in [0.05, 0.1) is 6.04 Å². The Labute approximate surface area is 126 Å². The normalized spacial score (nSPS) is 21.5. The molecule has 0 saturated carbocycles. The maximum absolute atomic E-state index is 9.55. The first-order valence-electron chi connectivity index (χ1n) is 7.30. The molecule has 0 spiro atoms. The lowest BCUT2D eigenvalue weighted by Gasteiger charge is -2.38. The van der Waals surface area contributed by atoms with Crippen LogP contribution in [-0.2, 0) is 0 Å². The number of para-hydroxylation sites is 1. The first-order valence-corrected chi connectivity index (χ1v) is 7.30. The van der Waals surface area contributed by atoms with E-state index < -0.39 is 0 Å². The van der Waals surface area contributed by atoms with Gasteiger partial charge in [-0.05, 0) is 36.1 Å². The predicted molar refractivity (Wildman–Crippen MR) is 85.6 cm³/mol. The highest BCUT2D eigenvalue weighted by Gasteiger charge is 2.29. The van der Waals surface area contributed by atoms with Crippen molar-refractivity contribution in [1.29, 1.82) is 5.26 Å². The predicted octanol–water partition coefficient (Wildman–Crippen LogP) is 4.68. The number of hydrogen-bond donors (Lipinski definition) is 0. The van der Waals surface area contributed by atoms with Gasteiger partial charge in [0.25, 0.3) is 0 Å². The molecule has 2 aromatic rings. The van der Waals surface area contributed by atoms with Gasteiger partial charge in [0.1, 0.15) is 11.8 Å². The minimum atomic E-state index is 0.211. The van der Waals surface area contributed by atoms with Crippen molar-refractivity contribution < 1.29 is 0 Å². The van der Waals surface area contributed by atoms with E-state index in [0.717, 1.165) is 17.8 Å². The van der Waals surface area contributed by atoms with Crippen LogP contribution in [0.5, 0.6) is 0 Å². The summed E-state index contributed by atoms with van der Waals surface area (Å²) in [6.45, 7) is 2.18. The highest BCUT2D eigenvalue weighted by atomic mass is 15.2. The SMILES string of the molecule is C[C@H]1C=C(C#N)N(c2ccccc2)[C@H](c2ccccc2)C1. The third kappa shape index (κ3) is 2.68. The molecule has 1 aliphatic heterocycles. The molecule has 0 N–H and O–H groups in total. The van der Waals surface area contributed by atoms with E-state index in [-0.39, 0.29) is 6.04 Å². The fourth-order valence-corrected chi connectivity index (χ4v) is 3.00. The summed E-state index contributed by atoms with van der Waals surface area (Å²) in [4.78, 5) is 2.16. The van der Waals surface area contributed by atoms with E-state index in [4.69, 9.17) is 0 Å². The summed E-state index contributed by atoms with van der Waals surface area (Å²) in [7, 11) is 0. The van der Waals surface area contributed by atoms with Crippen LogP contribution in [0.3, 0.4) is 0 Å². The third-order valence-electron chi connectivity index (χ3n) is 3.94. The van der Waals surface area contributed by atoms with Crippen LogP contribution in [0.2, 0.25) is 0 Å². The monoisotopic (exact) mass is 274 g/mol. The summed E-state index contributed by atoms with van der Waals surface area (Å²) in [6.07, 6.45) is 3.09. The van der Waals surface area contributed by atoms with Crippen LogP contribution >= 0.6 is 0 Å². The topological polar surface area (TPSA) is 27.0 Å². The lowest BCUT2D eigenvalue weighted by Crippen LogP contribution is -2.32. The number of nitriles is 1. The molecule has 2 aromatic carbocycles. The van der Waals surface area contributed by atoms with E-state index in [1.54, 1.807) is 0 Å². The lowest BCUT2D eigenvalue weighted by molar-refractivity contribution is 0.505. The minimum Gasteiger partial charge on any atom is -0.326 e. The van der Waals surface area contributed by atoms with Gasteiger partial charge in [0.15, 0.2) is 0 Å². The first kappa shape index (κ1) is 13.5. The zero-order valence-electron chi connectivity index (χ0n) is 12.1. The van der Waals surface area contributed by atoms with Crippen molar-refractivity contribution >= 4 is 5.69 Å². The molecule has 1 heterocycles. The fraction of sp³-hybridized carbons (Fsp3) is 0.211. The number of nitrogens with zero attached hydrogens (tertiary/aromatic N) is 2. The molecule has 0 aromatic heterocycles.